The van der Waals surface area contributed by atoms with E-state index in [9.17, 15) is 8.42 Å². The molecule has 2 fully saturated rings. The second kappa shape index (κ2) is 8.93. The Morgan fingerprint density at radius 3 is 2.56 bits per heavy atom. The Labute approximate surface area is 162 Å². The van der Waals surface area contributed by atoms with Crippen molar-refractivity contribution in [2.24, 2.45) is 4.99 Å². The van der Waals surface area contributed by atoms with Gasteiger partial charge in [-0.2, -0.15) is 0 Å². The number of nitrogens with zero attached hydrogens (tertiary/aromatic N) is 3. The second-order valence-electron chi connectivity index (χ2n) is 7.40. The molecule has 0 aromatic heterocycles. The largest absolute Gasteiger partial charge is 0.369 e. The Kier molecular flexibility index (Phi) is 6.59. The molecule has 2 aliphatic rings. The molecule has 7 nitrogen and oxygen atoms in total. The van der Waals surface area contributed by atoms with Gasteiger partial charge in [0.25, 0.3) is 0 Å². The molecule has 1 aromatic carbocycles. The molecular weight excluding hydrogens is 362 g/mol. The zero-order valence-corrected chi connectivity index (χ0v) is 17.1. The average molecular weight is 394 g/mol. The Morgan fingerprint density at radius 1 is 1.19 bits per heavy atom. The van der Waals surface area contributed by atoms with Crippen LogP contribution < -0.4 is 15.5 Å². The molecule has 0 aliphatic carbocycles. The van der Waals surface area contributed by atoms with E-state index in [1.54, 1.807) is 7.05 Å². The van der Waals surface area contributed by atoms with E-state index in [0.29, 0.717) is 19.1 Å². The lowest BCUT2D eigenvalue weighted by Gasteiger charge is -2.27. The number of nitrogens with one attached hydrogen (secondary N) is 2. The van der Waals surface area contributed by atoms with Gasteiger partial charge in [-0.15, -0.1) is 0 Å². The summed E-state index contributed by atoms with van der Waals surface area (Å²) in [5.41, 5.74) is 2.55. The highest BCUT2D eigenvalue weighted by Crippen LogP contribution is 2.20. The monoisotopic (exact) mass is 393 g/mol. The molecule has 2 heterocycles. The van der Waals surface area contributed by atoms with Gasteiger partial charge in [0.05, 0.1) is 11.5 Å². The first kappa shape index (κ1) is 19.9. The van der Waals surface area contributed by atoms with Crippen LogP contribution >= 0.6 is 0 Å². The Bertz CT molecular complexity index is 734. The smallest absolute Gasteiger partial charge is 0.191 e. The van der Waals surface area contributed by atoms with Gasteiger partial charge in [0.15, 0.2) is 15.8 Å². The van der Waals surface area contributed by atoms with Crippen molar-refractivity contribution in [1.29, 1.82) is 0 Å². The van der Waals surface area contributed by atoms with Gasteiger partial charge in [-0.3, -0.25) is 9.89 Å². The van der Waals surface area contributed by atoms with E-state index in [4.69, 9.17) is 0 Å². The third-order valence-electron chi connectivity index (χ3n) is 5.31. The lowest BCUT2D eigenvalue weighted by atomic mass is 10.2. The maximum Gasteiger partial charge on any atom is 0.191 e. The van der Waals surface area contributed by atoms with Crippen LogP contribution in [0.15, 0.2) is 29.3 Å². The summed E-state index contributed by atoms with van der Waals surface area (Å²) in [4.78, 5) is 8.92. The lowest BCUT2D eigenvalue weighted by Crippen LogP contribution is -2.48. The van der Waals surface area contributed by atoms with E-state index in [1.807, 2.05) is 0 Å². The summed E-state index contributed by atoms with van der Waals surface area (Å²) in [6.45, 7) is 6.96. The van der Waals surface area contributed by atoms with E-state index in [0.717, 1.165) is 38.6 Å². The van der Waals surface area contributed by atoms with Gasteiger partial charge in [0.2, 0.25) is 0 Å². The molecule has 2 saturated heterocycles. The molecule has 0 bridgehead atoms. The maximum absolute atomic E-state index is 11.5. The number of benzene rings is 1. The van der Waals surface area contributed by atoms with Crippen LogP contribution in [0.5, 0.6) is 0 Å². The van der Waals surface area contributed by atoms with Gasteiger partial charge in [0.1, 0.15) is 0 Å². The number of sulfone groups is 1. The van der Waals surface area contributed by atoms with Gasteiger partial charge in [-0.1, -0.05) is 17.7 Å². The number of anilines is 1. The molecular formula is C19H31N5O2S. The minimum atomic E-state index is -2.81. The molecule has 8 heteroatoms. The Hall–Kier alpha value is -1.80. The number of rotatable bonds is 5. The predicted octanol–water partition coefficient (Wildman–Crippen LogP) is 0.469. The van der Waals surface area contributed by atoms with Crippen LogP contribution in [0.25, 0.3) is 0 Å². The quantitative estimate of drug-likeness (QED) is 0.559. The standard InChI is InChI=1S/C19H31N5O2S/c1-16-3-5-18(6-4-16)24-9-7-17(15-24)22-19(20-2)21-8-10-23-11-13-27(25,26)14-12-23/h3-6,17H,7-15H2,1-2H3,(H2,20,21,22). The summed E-state index contributed by atoms with van der Waals surface area (Å²) < 4.78 is 23.0. The molecule has 1 unspecified atom stereocenters. The number of aryl methyl sites for hydroxylation is 1. The van der Waals surface area contributed by atoms with Crippen molar-refractivity contribution in [1.82, 2.24) is 15.5 Å². The molecule has 1 aromatic rings. The van der Waals surface area contributed by atoms with Crippen LogP contribution in [0.3, 0.4) is 0 Å². The second-order valence-corrected chi connectivity index (χ2v) is 9.71. The number of aliphatic imine (C=N–C) groups is 1. The normalized spacial score (nSPS) is 23.4. The SMILES string of the molecule is CN=C(NCCN1CCS(=O)(=O)CC1)NC1CCN(c2ccc(C)cc2)C1. The fourth-order valence-electron chi connectivity index (χ4n) is 3.56. The van der Waals surface area contributed by atoms with E-state index in [-0.39, 0.29) is 11.5 Å². The summed E-state index contributed by atoms with van der Waals surface area (Å²) in [5, 5.41) is 6.87. The molecule has 1 atom stereocenters. The molecule has 0 spiro atoms. The molecule has 2 N–H and O–H groups in total. The first-order chi connectivity index (χ1) is 12.9. The first-order valence-corrected chi connectivity index (χ1v) is 11.5. The highest BCUT2D eigenvalue weighted by molar-refractivity contribution is 7.91. The number of hydrogen-bond acceptors (Lipinski definition) is 5. The summed E-state index contributed by atoms with van der Waals surface area (Å²) in [5.74, 6) is 1.36. The van der Waals surface area contributed by atoms with Gasteiger partial charge in [-0.25, -0.2) is 8.42 Å². The summed E-state index contributed by atoms with van der Waals surface area (Å²) in [7, 11) is -1.02. The van der Waals surface area contributed by atoms with Crippen LogP contribution in [0.4, 0.5) is 5.69 Å². The molecule has 0 saturated carbocycles. The van der Waals surface area contributed by atoms with E-state index < -0.39 is 9.84 Å². The van der Waals surface area contributed by atoms with Crippen LogP contribution in [0, 0.1) is 6.92 Å². The fourth-order valence-corrected chi connectivity index (χ4v) is 4.84. The fraction of sp³-hybridized carbons (Fsp3) is 0.632. The molecule has 2 aliphatic heterocycles. The minimum Gasteiger partial charge on any atom is -0.369 e. The van der Waals surface area contributed by atoms with Crippen molar-refractivity contribution in [3.8, 4) is 0 Å². The highest BCUT2D eigenvalue weighted by atomic mass is 32.2. The predicted molar refractivity (Wildman–Crippen MR) is 111 cm³/mol. The van der Waals surface area contributed by atoms with Crippen molar-refractivity contribution < 1.29 is 8.42 Å². The zero-order valence-electron chi connectivity index (χ0n) is 16.3. The highest BCUT2D eigenvalue weighted by Gasteiger charge is 2.24. The van der Waals surface area contributed by atoms with Gasteiger partial charge in [0, 0.05) is 58.0 Å². The molecule has 0 amide bonds. The summed E-state index contributed by atoms with van der Waals surface area (Å²) in [6, 6.07) is 9.05. The third kappa shape index (κ3) is 5.84. The molecule has 150 valence electrons. The summed E-state index contributed by atoms with van der Waals surface area (Å²) in [6.07, 6.45) is 1.08. The van der Waals surface area contributed by atoms with Gasteiger partial charge < -0.3 is 15.5 Å². The van der Waals surface area contributed by atoms with Crippen LogP contribution in [0.1, 0.15) is 12.0 Å². The van der Waals surface area contributed by atoms with Crippen LogP contribution in [0.2, 0.25) is 0 Å². The molecule has 3 rings (SSSR count). The van der Waals surface area contributed by atoms with Crippen LogP contribution in [-0.2, 0) is 9.84 Å². The van der Waals surface area contributed by atoms with E-state index in [2.05, 4.69) is 56.6 Å². The van der Waals surface area contributed by atoms with Crippen molar-refractivity contribution in [3.05, 3.63) is 29.8 Å². The molecule has 27 heavy (non-hydrogen) atoms. The lowest BCUT2D eigenvalue weighted by molar-refractivity contribution is 0.299. The Balaban J connectivity index is 1.40. The summed E-state index contributed by atoms with van der Waals surface area (Å²) >= 11 is 0. The van der Waals surface area contributed by atoms with E-state index in [1.165, 1.54) is 11.3 Å². The van der Waals surface area contributed by atoms with Crippen molar-refractivity contribution >= 4 is 21.5 Å². The first-order valence-electron chi connectivity index (χ1n) is 9.67. The maximum atomic E-state index is 11.5. The van der Waals surface area contributed by atoms with Crippen LogP contribution in [-0.4, -0.2) is 83.1 Å². The zero-order chi connectivity index (χ0) is 19.3. The molecule has 0 radical (unpaired) electrons. The number of guanidine groups is 1. The van der Waals surface area contributed by atoms with Crippen molar-refractivity contribution in [2.75, 3.05) is 62.7 Å². The third-order valence-corrected chi connectivity index (χ3v) is 6.92. The Morgan fingerprint density at radius 2 is 1.89 bits per heavy atom. The van der Waals surface area contributed by atoms with Gasteiger partial charge in [-0.05, 0) is 25.5 Å². The van der Waals surface area contributed by atoms with Crippen molar-refractivity contribution in [3.63, 3.8) is 0 Å². The van der Waals surface area contributed by atoms with Crippen molar-refractivity contribution in [2.45, 2.75) is 19.4 Å². The van der Waals surface area contributed by atoms with E-state index >= 15 is 0 Å². The topological polar surface area (TPSA) is 77.0 Å². The average Bonchev–Trinajstić information content (AvgIpc) is 3.11. The minimum absolute atomic E-state index is 0.275. The van der Waals surface area contributed by atoms with Gasteiger partial charge >= 0.3 is 0 Å². The number of hydrogen-bond donors (Lipinski definition) is 2.